The van der Waals surface area contributed by atoms with Crippen molar-refractivity contribution in [2.45, 2.75) is 25.8 Å². The van der Waals surface area contributed by atoms with Crippen LogP contribution in [0.1, 0.15) is 24.8 Å². The van der Waals surface area contributed by atoms with E-state index in [0.29, 0.717) is 29.5 Å². The summed E-state index contributed by atoms with van der Waals surface area (Å²) in [6.07, 6.45) is 4.00. The summed E-state index contributed by atoms with van der Waals surface area (Å²) in [7, 11) is 0. The van der Waals surface area contributed by atoms with Crippen LogP contribution in [-0.2, 0) is 20.8 Å². The quantitative estimate of drug-likeness (QED) is 0.561. The van der Waals surface area contributed by atoms with Crippen molar-refractivity contribution in [3.63, 3.8) is 0 Å². The average Bonchev–Trinajstić information content (AvgIpc) is 3.41. The number of anilines is 1. The maximum absolute atomic E-state index is 12.5. The third-order valence-corrected chi connectivity index (χ3v) is 6.02. The number of ether oxygens (including phenoxy) is 2. The van der Waals surface area contributed by atoms with Crippen molar-refractivity contribution in [2.24, 2.45) is 5.92 Å². The summed E-state index contributed by atoms with van der Waals surface area (Å²) in [4.78, 5) is 23.0. The second-order valence-electron chi connectivity index (χ2n) is 8.29. The number of hydrogen-bond acceptors (Lipinski definition) is 6. The number of hydrogen-bond donors (Lipinski definition) is 3. The summed E-state index contributed by atoms with van der Waals surface area (Å²) < 4.78 is 10.8. The fraction of sp³-hybridized carbons (Fsp3) is 0.500. The van der Waals surface area contributed by atoms with Crippen molar-refractivity contribution in [3.8, 4) is 11.5 Å². The third-order valence-electron chi connectivity index (χ3n) is 6.02. The number of aromatic amines is 2. The molecule has 0 spiro atoms. The van der Waals surface area contributed by atoms with Crippen molar-refractivity contribution in [3.05, 3.63) is 30.0 Å². The molecule has 31 heavy (non-hydrogen) atoms. The lowest BCUT2D eigenvalue weighted by molar-refractivity contribution is -0.117. The van der Waals surface area contributed by atoms with Crippen LogP contribution in [0.5, 0.6) is 0 Å². The number of carbonyl (C=O) groups is 1. The molecule has 2 saturated heterocycles. The molecule has 2 aromatic heterocycles. The molecule has 4 heterocycles. The number of morpholine rings is 1. The van der Waals surface area contributed by atoms with Crippen LogP contribution in [0.2, 0.25) is 0 Å². The summed E-state index contributed by atoms with van der Waals surface area (Å²) in [5.41, 5.74) is 4.42. The lowest BCUT2D eigenvalue weighted by atomic mass is 9.96. The standard InChI is InChI=1S/C22H28N6O3/c29-20(12-15-3-7-30-8-4-15)24-19-13-23-27-21(19)22-25-17-2-1-16(11-18(17)26-22)14-28-5-9-31-10-6-28/h1-2,11,13,15H,3-10,12,14H2,(H,23,27)(H,24,29)(H,25,26). The van der Waals surface area contributed by atoms with Gasteiger partial charge in [0.05, 0.1) is 36.1 Å². The highest BCUT2D eigenvalue weighted by Gasteiger charge is 2.20. The maximum atomic E-state index is 12.5. The van der Waals surface area contributed by atoms with Gasteiger partial charge in [-0.1, -0.05) is 6.07 Å². The number of nitrogens with one attached hydrogen (secondary N) is 3. The zero-order valence-electron chi connectivity index (χ0n) is 17.5. The van der Waals surface area contributed by atoms with Gasteiger partial charge < -0.3 is 19.8 Å². The molecule has 1 amide bonds. The number of rotatable bonds is 6. The maximum Gasteiger partial charge on any atom is 0.224 e. The largest absolute Gasteiger partial charge is 0.381 e. The molecule has 0 saturated carbocycles. The number of carbonyl (C=O) groups excluding carboxylic acids is 1. The topological polar surface area (TPSA) is 108 Å². The van der Waals surface area contributed by atoms with Crippen molar-refractivity contribution in [1.29, 1.82) is 0 Å². The predicted octanol–water partition coefficient (Wildman–Crippen LogP) is 2.54. The lowest BCUT2D eigenvalue weighted by Crippen LogP contribution is -2.35. The molecule has 3 aromatic rings. The monoisotopic (exact) mass is 424 g/mol. The van der Waals surface area contributed by atoms with E-state index in [1.807, 2.05) is 6.07 Å². The number of aromatic nitrogens is 4. The van der Waals surface area contributed by atoms with Crippen LogP contribution < -0.4 is 5.32 Å². The molecule has 0 atom stereocenters. The fourth-order valence-electron chi connectivity index (χ4n) is 4.27. The van der Waals surface area contributed by atoms with Gasteiger partial charge in [-0.05, 0) is 36.5 Å². The Bertz CT molecular complexity index is 1030. The summed E-state index contributed by atoms with van der Waals surface area (Å²) in [5.74, 6) is 1.04. The molecular weight excluding hydrogens is 396 g/mol. The van der Waals surface area contributed by atoms with Gasteiger partial charge in [-0.25, -0.2) is 4.98 Å². The Morgan fingerprint density at radius 2 is 1.97 bits per heavy atom. The number of amides is 1. The second-order valence-corrected chi connectivity index (χ2v) is 8.29. The van der Waals surface area contributed by atoms with Crippen LogP contribution in [0.25, 0.3) is 22.6 Å². The molecule has 3 N–H and O–H groups in total. The zero-order valence-corrected chi connectivity index (χ0v) is 17.5. The highest BCUT2D eigenvalue weighted by Crippen LogP contribution is 2.27. The fourth-order valence-corrected chi connectivity index (χ4v) is 4.27. The Kier molecular flexibility index (Phi) is 5.97. The Hall–Kier alpha value is -2.75. The van der Waals surface area contributed by atoms with Gasteiger partial charge in [-0.2, -0.15) is 5.10 Å². The summed E-state index contributed by atoms with van der Waals surface area (Å²) in [5, 5.41) is 10.1. The number of benzene rings is 1. The van der Waals surface area contributed by atoms with E-state index in [1.165, 1.54) is 5.56 Å². The Labute approximate surface area is 180 Å². The summed E-state index contributed by atoms with van der Waals surface area (Å²) in [6.45, 7) is 5.86. The van der Waals surface area contributed by atoms with Crippen molar-refractivity contribution in [1.82, 2.24) is 25.1 Å². The normalized spacial score (nSPS) is 18.5. The first-order valence-electron chi connectivity index (χ1n) is 10.9. The van der Waals surface area contributed by atoms with Gasteiger partial charge in [0.25, 0.3) is 0 Å². The highest BCUT2D eigenvalue weighted by molar-refractivity contribution is 5.94. The number of imidazole rings is 1. The zero-order chi connectivity index (χ0) is 21.0. The SMILES string of the molecule is O=C(CC1CCOCC1)Nc1cn[nH]c1-c1nc2ccc(CN3CCOCC3)cc2[nH]1. The van der Waals surface area contributed by atoms with E-state index in [0.717, 1.165) is 69.9 Å². The van der Waals surface area contributed by atoms with E-state index in [-0.39, 0.29) is 5.91 Å². The lowest BCUT2D eigenvalue weighted by Gasteiger charge is -2.26. The second kappa shape index (κ2) is 9.17. The van der Waals surface area contributed by atoms with Crippen LogP contribution in [-0.4, -0.2) is 70.5 Å². The van der Waals surface area contributed by atoms with Crippen molar-refractivity contribution < 1.29 is 14.3 Å². The third kappa shape index (κ3) is 4.79. The first-order valence-corrected chi connectivity index (χ1v) is 10.9. The molecule has 0 aliphatic carbocycles. The van der Waals surface area contributed by atoms with E-state index < -0.39 is 0 Å². The van der Waals surface area contributed by atoms with E-state index in [2.05, 4.69) is 37.5 Å². The minimum Gasteiger partial charge on any atom is -0.381 e. The van der Waals surface area contributed by atoms with Crippen LogP contribution in [0, 0.1) is 5.92 Å². The summed E-state index contributed by atoms with van der Waals surface area (Å²) >= 11 is 0. The van der Waals surface area contributed by atoms with Gasteiger partial charge in [0.1, 0.15) is 5.69 Å². The molecule has 2 aliphatic heterocycles. The first kappa shape index (κ1) is 20.2. The van der Waals surface area contributed by atoms with Gasteiger partial charge in [0, 0.05) is 39.3 Å². The predicted molar refractivity (Wildman–Crippen MR) is 117 cm³/mol. The van der Waals surface area contributed by atoms with E-state index in [9.17, 15) is 4.79 Å². The Morgan fingerprint density at radius 1 is 1.16 bits per heavy atom. The van der Waals surface area contributed by atoms with Crippen molar-refractivity contribution >= 4 is 22.6 Å². The molecule has 5 rings (SSSR count). The first-order chi connectivity index (χ1) is 15.2. The molecule has 2 aliphatic rings. The van der Waals surface area contributed by atoms with E-state index in [4.69, 9.17) is 14.5 Å². The minimum absolute atomic E-state index is 0.00143. The van der Waals surface area contributed by atoms with Gasteiger partial charge in [-0.3, -0.25) is 14.8 Å². The van der Waals surface area contributed by atoms with Crippen molar-refractivity contribution in [2.75, 3.05) is 44.8 Å². The molecule has 9 nitrogen and oxygen atoms in total. The molecule has 164 valence electrons. The molecule has 0 bridgehead atoms. The highest BCUT2D eigenvalue weighted by atomic mass is 16.5. The Morgan fingerprint density at radius 3 is 2.81 bits per heavy atom. The average molecular weight is 425 g/mol. The molecule has 0 unspecified atom stereocenters. The number of fused-ring (bicyclic) bond motifs is 1. The minimum atomic E-state index is -0.00143. The van der Waals surface area contributed by atoms with Crippen LogP contribution in [0.4, 0.5) is 5.69 Å². The van der Waals surface area contributed by atoms with Gasteiger partial charge >= 0.3 is 0 Å². The van der Waals surface area contributed by atoms with E-state index in [1.54, 1.807) is 6.20 Å². The molecular formula is C22H28N6O3. The molecule has 9 heteroatoms. The van der Waals surface area contributed by atoms with Gasteiger partial charge in [0.15, 0.2) is 5.82 Å². The molecule has 0 radical (unpaired) electrons. The number of H-pyrrole nitrogens is 2. The Balaban J connectivity index is 1.29. The smallest absolute Gasteiger partial charge is 0.224 e. The van der Waals surface area contributed by atoms with Gasteiger partial charge in [0.2, 0.25) is 5.91 Å². The number of nitrogens with zero attached hydrogens (tertiary/aromatic N) is 3. The molecule has 2 fully saturated rings. The van der Waals surface area contributed by atoms with Crippen LogP contribution in [0.3, 0.4) is 0 Å². The summed E-state index contributed by atoms with van der Waals surface area (Å²) in [6, 6.07) is 6.29. The van der Waals surface area contributed by atoms with Crippen LogP contribution in [0.15, 0.2) is 24.4 Å². The van der Waals surface area contributed by atoms with E-state index >= 15 is 0 Å². The molecule has 1 aromatic carbocycles. The van der Waals surface area contributed by atoms with Crippen LogP contribution >= 0.6 is 0 Å². The van der Waals surface area contributed by atoms with Gasteiger partial charge in [-0.15, -0.1) is 0 Å².